The molecule has 3 rings (SSSR count). The lowest BCUT2D eigenvalue weighted by Crippen LogP contribution is -2.17. The number of halogens is 1. The van der Waals surface area contributed by atoms with Crippen molar-refractivity contribution in [2.45, 2.75) is 38.9 Å². The van der Waals surface area contributed by atoms with Crippen LogP contribution in [0.3, 0.4) is 0 Å². The Kier molecular flexibility index (Phi) is 6.28. The zero-order chi connectivity index (χ0) is 22.2. The average Bonchev–Trinajstić information content (AvgIpc) is 2.70. The number of carbonyl (C=O) groups excluding carboxylic acids is 1. The zero-order valence-electron chi connectivity index (χ0n) is 16.9. The van der Waals surface area contributed by atoms with E-state index in [1.165, 1.54) is 12.1 Å². The summed E-state index contributed by atoms with van der Waals surface area (Å²) in [5.74, 6) is -0.307. The van der Waals surface area contributed by atoms with Crippen molar-refractivity contribution >= 4 is 39.3 Å². The summed E-state index contributed by atoms with van der Waals surface area (Å²) in [6, 6.07) is 6.52. The molecule has 2 atom stereocenters. The number of carbonyl (C=O) groups is 1. The third kappa shape index (κ3) is 4.11. The molecule has 2 aromatic heterocycles. The van der Waals surface area contributed by atoms with Crippen LogP contribution in [0.15, 0.2) is 38.6 Å². The van der Waals surface area contributed by atoms with Gasteiger partial charge in [-0.2, -0.15) is 0 Å². The van der Waals surface area contributed by atoms with Crippen LogP contribution in [0.5, 0.6) is 5.75 Å². The van der Waals surface area contributed by atoms with Crippen molar-refractivity contribution in [3.8, 4) is 5.75 Å². The lowest BCUT2D eigenvalue weighted by atomic mass is 10.0. The number of rotatable bonds is 6. The van der Waals surface area contributed by atoms with Gasteiger partial charge in [-0.3, -0.25) is 13.8 Å². The molecule has 158 valence electrons. The Morgan fingerprint density at radius 2 is 2.03 bits per heavy atom. The van der Waals surface area contributed by atoms with Crippen molar-refractivity contribution < 1.29 is 18.2 Å². The Bertz CT molecular complexity index is 1240. The molecule has 0 radical (unpaired) electrons. The molecule has 0 aliphatic carbocycles. The maximum absolute atomic E-state index is 12.9. The van der Waals surface area contributed by atoms with Gasteiger partial charge in [0.05, 0.1) is 16.2 Å². The minimum Gasteiger partial charge on any atom is -0.483 e. The molecule has 0 saturated carbocycles. The minimum atomic E-state index is -1.44. The fraction of sp³-hybridized carbons (Fsp3) is 0.286. The van der Waals surface area contributed by atoms with Gasteiger partial charge in [-0.05, 0) is 50.6 Å². The van der Waals surface area contributed by atoms with Gasteiger partial charge in [0.15, 0.2) is 22.0 Å². The lowest BCUT2D eigenvalue weighted by Gasteiger charge is -2.19. The molecule has 30 heavy (non-hydrogen) atoms. The van der Waals surface area contributed by atoms with E-state index >= 15 is 0 Å². The first-order chi connectivity index (χ1) is 14.1. The molecule has 1 aromatic carbocycles. The largest absolute Gasteiger partial charge is 0.483 e. The van der Waals surface area contributed by atoms with Crippen molar-refractivity contribution in [2.75, 3.05) is 5.75 Å². The van der Waals surface area contributed by atoms with Gasteiger partial charge in [-0.1, -0.05) is 18.5 Å². The molecule has 2 heterocycles. The number of primary amides is 1. The van der Waals surface area contributed by atoms with Crippen molar-refractivity contribution in [2.24, 2.45) is 5.73 Å². The van der Waals surface area contributed by atoms with E-state index in [-0.39, 0.29) is 27.1 Å². The zero-order valence-corrected chi connectivity index (χ0v) is 18.5. The van der Waals surface area contributed by atoms with Crippen LogP contribution in [0, 0.1) is 13.8 Å². The topological polar surface area (TPSA) is 112 Å². The van der Waals surface area contributed by atoms with Crippen LogP contribution in [0.4, 0.5) is 0 Å². The molecular weight excluding hydrogens is 428 g/mol. The molecule has 0 bridgehead atoms. The van der Waals surface area contributed by atoms with Crippen LogP contribution < -0.4 is 15.9 Å². The number of hydrogen-bond donors (Lipinski definition) is 1. The molecule has 1 unspecified atom stereocenters. The molecule has 0 spiro atoms. The number of aromatic nitrogens is 1. The Morgan fingerprint density at radius 3 is 2.67 bits per heavy atom. The van der Waals surface area contributed by atoms with Gasteiger partial charge in [-0.25, -0.2) is 4.98 Å². The minimum absolute atomic E-state index is 0.101. The Hall–Kier alpha value is -2.71. The van der Waals surface area contributed by atoms with Crippen LogP contribution in [0.2, 0.25) is 5.15 Å². The highest BCUT2D eigenvalue weighted by Gasteiger charge is 2.22. The molecule has 0 fully saturated rings. The van der Waals surface area contributed by atoms with E-state index in [9.17, 15) is 13.8 Å². The maximum Gasteiger partial charge on any atom is 0.271 e. The number of ether oxygens (including phenoxy) is 1. The summed E-state index contributed by atoms with van der Waals surface area (Å²) in [7, 11) is -1.44. The number of pyridine rings is 1. The van der Waals surface area contributed by atoms with Crippen LogP contribution in [-0.2, 0) is 10.8 Å². The number of nitrogens with two attached hydrogens (primary N) is 1. The summed E-state index contributed by atoms with van der Waals surface area (Å²) in [6.07, 6.45) is -0.637. The molecule has 2 N–H and O–H groups in total. The monoisotopic (exact) mass is 448 g/mol. The lowest BCUT2D eigenvalue weighted by molar-refractivity contribution is 0.0988. The van der Waals surface area contributed by atoms with E-state index in [0.29, 0.717) is 27.8 Å². The van der Waals surface area contributed by atoms with Gasteiger partial charge in [0.2, 0.25) is 0 Å². The standard InChI is InChI=1S/C21H21ClN2O5S/c1-5-30(27)21-11(3)18(25)14-9-10(2)8-13(19(14)29-21)12(4)28-15-6-7-16(22)24-17(15)20(23)26/h6-9,12H,5H2,1-4H3,(H2,23,26)/t12-,30?/m1/s1. The Morgan fingerprint density at radius 1 is 1.33 bits per heavy atom. The third-order valence-electron chi connectivity index (χ3n) is 4.62. The second-order valence-electron chi connectivity index (χ2n) is 6.81. The summed E-state index contributed by atoms with van der Waals surface area (Å²) < 4.78 is 24.3. The van der Waals surface area contributed by atoms with E-state index in [4.69, 9.17) is 26.5 Å². The SMILES string of the molecule is CCS(=O)c1oc2c([C@@H](C)Oc3ccc(Cl)nc3C(N)=O)cc(C)cc2c(=O)c1C. The highest BCUT2D eigenvalue weighted by molar-refractivity contribution is 7.84. The summed E-state index contributed by atoms with van der Waals surface area (Å²) in [5, 5.41) is 0.635. The van der Waals surface area contributed by atoms with Gasteiger partial charge in [0.1, 0.15) is 16.8 Å². The van der Waals surface area contributed by atoms with E-state index in [2.05, 4.69) is 4.98 Å². The molecular formula is C21H21ClN2O5S. The van der Waals surface area contributed by atoms with Crippen molar-refractivity contribution in [1.82, 2.24) is 4.98 Å². The first kappa shape index (κ1) is 22.0. The third-order valence-corrected chi connectivity index (χ3v) is 6.15. The second kappa shape index (κ2) is 8.57. The maximum atomic E-state index is 12.9. The Balaban J connectivity index is 2.18. The number of amides is 1. The van der Waals surface area contributed by atoms with Crippen molar-refractivity contribution in [1.29, 1.82) is 0 Å². The number of fused-ring (bicyclic) bond motifs is 1. The van der Waals surface area contributed by atoms with E-state index < -0.39 is 22.8 Å². The van der Waals surface area contributed by atoms with Gasteiger partial charge >= 0.3 is 0 Å². The first-order valence-electron chi connectivity index (χ1n) is 9.23. The summed E-state index contributed by atoms with van der Waals surface area (Å²) >= 11 is 5.85. The smallest absolute Gasteiger partial charge is 0.271 e. The summed E-state index contributed by atoms with van der Waals surface area (Å²) in [6.45, 7) is 6.94. The van der Waals surface area contributed by atoms with Gasteiger partial charge in [0.25, 0.3) is 5.91 Å². The quantitative estimate of drug-likeness (QED) is 0.573. The molecule has 9 heteroatoms. The van der Waals surface area contributed by atoms with Crippen molar-refractivity contribution in [3.63, 3.8) is 0 Å². The number of nitrogens with zero attached hydrogens (tertiary/aromatic N) is 1. The normalized spacial score (nSPS) is 13.2. The fourth-order valence-electron chi connectivity index (χ4n) is 3.15. The van der Waals surface area contributed by atoms with E-state index in [0.717, 1.165) is 5.56 Å². The van der Waals surface area contributed by atoms with Gasteiger partial charge < -0.3 is 14.9 Å². The van der Waals surface area contributed by atoms with Gasteiger partial charge in [-0.15, -0.1) is 0 Å². The predicted molar refractivity (Wildman–Crippen MR) is 116 cm³/mol. The second-order valence-corrected chi connectivity index (χ2v) is 8.84. The van der Waals surface area contributed by atoms with Crippen LogP contribution in [0.25, 0.3) is 11.0 Å². The highest BCUT2D eigenvalue weighted by Crippen LogP contribution is 2.31. The van der Waals surface area contributed by atoms with Crippen LogP contribution >= 0.6 is 11.6 Å². The van der Waals surface area contributed by atoms with Crippen molar-refractivity contribution in [3.05, 3.63) is 62.0 Å². The number of aryl methyl sites for hydroxylation is 1. The number of benzene rings is 1. The molecule has 0 aliphatic heterocycles. The predicted octanol–water partition coefficient (Wildman–Crippen LogP) is 3.82. The van der Waals surface area contributed by atoms with Gasteiger partial charge in [0, 0.05) is 16.9 Å². The van der Waals surface area contributed by atoms with E-state index in [1.54, 1.807) is 26.8 Å². The average molecular weight is 449 g/mol. The van der Waals surface area contributed by atoms with E-state index in [1.807, 2.05) is 13.0 Å². The molecule has 3 aromatic rings. The highest BCUT2D eigenvalue weighted by atomic mass is 35.5. The Labute approximate surface area is 180 Å². The molecule has 7 nitrogen and oxygen atoms in total. The molecule has 0 aliphatic rings. The number of hydrogen-bond acceptors (Lipinski definition) is 6. The molecule has 1 amide bonds. The summed E-state index contributed by atoms with van der Waals surface area (Å²) in [4.78, 5) is 28.6. The van der Waals surface area contributed by atoms with Crippen LogP contribution in [-0.4, -0.2) is 20.9 Å². The van der Waals surface area contributed by atoms with Crippen LogP contribution in [0.1, 0.15) is 47.1 Å². The first-order valence-corrected chi connectivity index (χ1v) is 10.9. The molecule has 0 saturated heterocycles. The fourth-order valence-corrected chi connectivity index (χ4v) is 4.17. The summed E-state index contributed by atoms with van der Waals surface area (Å²) in [5.41, 5.74) is 7.06.